The van der Waals surface area contributed by atoms with E-state index < -0.39 is 0 Å². The van der Waals surface area contributed by atoms with E-state index in [9.17, 15) is 0 Å². The Hall–Kier alpha value is -2.33. The first-order valence-corrected chi connectivity index (χ1v) is 11.0. The number of oxime groups is 1. The van der Waals surface area contributed by atoms with Gasteiger partial charge in [0, 0.05) is 25.4 Å². The zero-order valence-corrected chi connectivity index (χ0v) is 17.7. The van der Waals surface area contributed by atoms with E-state index in [1.807, 2.05) is 0 Å². The lowest BCUT2D eigenvalue weighted by Crippen LogP contribution is -2.51. The van der Waals surface area contributed by atoms with Crippen molar-refractivity contribution < 1.29 is 4.84 Å². The van der Waals surface area contributed by atoms with Crippen LogP contribution in [-0.2, 0) is 4.84 Å². The molecule has 1 unspecified atom stereocenters. The first kappa shape index (κ1) is 20.0. The predicted molar refractivity (Wildman–Crippen MR) is 119 cm³/mol. The van der Waals surface area contributed by atoms with Crippen molar-refractivity contribution in [2.75, 3.05) is 20.6 Å². The minimum atomic E-state index is 0.0405. The topological polar surface area (TPSA) is 28.1 Å². The first-order chi connectivity index (χ1) is 14.2. The fraction of sp³-hybridized carbons (Fsp3) is 0.480. The lowest BCUT2D eigenvalue weighted by atomic mass is 9.88. The molecule has 4 rings (SSSR count). The molecule has 1 aliphatic heterocycles. The predicted octanol–water partition coefficient (Wildman–Crippen LogP) is 5.07. The summed E-state index contributed by atoms with van der Waals surface area (Å²) in [5.41, 5.74) is 2.63. The van der Waals surface area contributed by atoms with Crippen LogP contribution in [0.2, 0.25) is 0 Å². The van der Waals surface area contributed by atoms with E-state index in [0.717, 1.165) is 18.8 Å². The SMILES string of the molecule is CN1CC(N(C)C2CCCCC2)ON=C1CC(c1ccccc1)c1ccccc1. The fourth-order valence-electron chi connectivity index (χ4n) is 4.67. The van der Waals surface area contributed by atoms with Gasteiger partial charge in [0.15, 0.2) is 6.23 Å². The molecule has 1 fully saturated rings. The van der Waals surface area contributed by atoms with Crippen LogP contribution in [0.4, 0.5) is 0 Å². The zero-order valence-electron chi connectivity index (χ0n) is 17.7. The summed E-state index contributed by atoms with van der Waals surface area (Å²) in [7, 11) is 4.35. The van der Waals surface area contributed by atoms with E-state index in [4.69, 9.17) is 4.84 Å². The summed E-state index contributed by atoms with van der Waals surface area (Å²) in [4.78, 5) is 10.7. The van der Waals surface area contributed by atoms with Gasteiger partial charge in [-0.25, -0.2) is 0 Å². The van der Waals surface area contributed by atoms with E-state index in [2.05, 4.69) is 89.7 Å². The van der Waals surface area contributed by atoms with Crippen molar-refractivity contribution in [1.82, 2.24) is 9.80 Å². The molecule has 1 saturated carbocycles. The van der Waals surface area contributed by atoms with Crippen molar-refractivity contribution in [2.45, 2.75) is 56.7 Å². The molecule has 0 aromatic heterocycles. The Kier molecular flexibility index (Phi) is 6.50. The summed E-state index contributed by atoms with van der Waals surface area (Å²) in [5.74, 6) is 1.30. The van der Waals surface area contributed by atoms with Crippen LogP contribution < -0.4 is 0 Å². The second kappa shape index (κ2) is 9.45. The summed E-state index contributed by atoms with van der Waals surface area (Å²) in [6.45, 7) is 0.863. The molecule has 0 saturated heterocycles. The molecule has 2 aromatic rings. The molecular weight excluding hydrogens is 358 g/mol. The Morgan fingerprint density at radius 3 is 2.10 bits per heavy atom. The molecule has 4 heteroatoms. The molecule has 0 radical (unpaired) electrons. The van der Waals surface area contributed by atoms with E-state index >= 15 is 0 Å². The standard InChI is InChI=1S/C25H33N3O/c1-27-19-25(28(2)22-16-10-5-11-17-22)29-26-24(27)18-23(20-12-6-3-7-13-20)21-14-8-4-9-15-21/h3-4,6-9,12-15,22-23,25H,5,10-11,16-19H2,1-2H3. The normalized spacial score (nSPS) is 20.6. The van der Waals surface area contributed by atoms with Gasteiger partial charge in [-0.15, -0.1) is 0 Å². The molecule has 1 heterocycles. The average Bonchev–Trinajstić information content (AvgIpc) is 2.79. The highest BCUT2D eigenvalue weighted by Crippen LogP contribution is 2.30. The Morgan fingerprint density at radius 2 is 1.55 bits per heavy atom. The molecule has 0 bridgehead atoms. The van der Waals surface area contributed by atoms with Crippen LogP contribution in [0, 0.1) is 0 Å². The Bertz CT molecular complexity index is 747. The number of nitrogens with zero attached hydrogens (tertiary/aromatic N) is 3. The van der Waals surface area contributed by atoms with Gasteiger partial charge in [0.05, 0.1) is 6.54 Å². The molecule has 1 aliphatic carbocycles. The van der Waals surface area contributed by atoms with Crippen LogP contribution in [0.1, 0.15) is 55.6 Å². The van der Waals surface area contributed by atoms with Gasteiger partial charge in [-0.05, 0) is 31.0 Å². The molecule has 2 aromatic carbocycles. The van der Waals surface area contributed by atoms with Gasteiger partial charge in [-0.1, -0.05) is 85.1 Å². The molecular formula is C25H33N3O. The largest absolute Gasteiger partial charge is 0.373 e. The first-order valence-electron chi connectivity index (χ1n) is 11.0. The lowest BCUT2D eigenvalue weighted by molar-refractivity contribution is -0.0896. The summed E-state index contributed by atoms with van der Waals surface area (Å²) >= 11 is 0. The van der Waals surface area contributed by atoms with Crippen molar-refractivity contribution in [2.24, 2.45) is 5.16 Å². The van der Waals surface area contributed by atoms with Crippen molar-refractivity contribution in [3.05, 3.63) is 71.8 Å². The van der Waals surface area contributed by atoms with Crippen LogP contribution in [0.15, 0.2) is 65.8 Å². The zero-order chi connectivity index (χ0) is 20.1. The second-order valence-corrected chi connectivity index (χ2v) is 8.48. The molecule has 0 spiro atoms. The summed E-state index contributed by atoms with van der Waals surface area (Å²) < 4.78 is 0. The van der Waals surface area contributed by atoms with Gasteiger partial charge in [0.25, 0.3) is 0 Å². The van der Waals surface area contributed by atoms with Gasteiger partial charge in [0.1, 0.15) is 5.84 Å². The highest BCUT2D eigenvalue weighted by atomic mass is 16.7. The number of rotatable bonds is 6. The molecule has 1 atom stereocenters. The van der Waals surface area contributed by atoms with Crippen LogP contribution in [0.3, 0.4) is 0 Å². The number of hydrogen-bond donors (Lipinski definition) is 0. The molecule has 0 N–H and O–H groups in total. The maximum absolute atomic E-state index is 6.02. The van der Waals surface area contributed by atoms with E-state index in [-0.39, 0.29) is 12.1 Å². The van der Waals surface area contributed by atoms with E-state index in [1.54, 1.807) is 0 Å². The fourth-order valence-corrected chi connectivity index (χ4v) is 4.67. The maximum atomic E-state index is 6.02. The van der Waals surface area contributed by atoms with Crippen molar-refractivity contribution in [1.29, 1.82) is 0 Å². The van der Waals surface area contributed by atoms with Crippen LogP contribution in [-0.4, -0.2) is 48.5 Å². The quantitative estimate of drug-likeness (QED) is 0.688. The van der Waals surface area contributed by atoms with Crippen LogP contribution in [0.25, 0.3) is 0 Å². The lowest BCUT2D eigenvalue weighted by Gasteiger charge is -2.40. The van der Waals surface area contributed by atoms with E-state index in [1.165, 1.54) is 43.2 Å². The summed E-state index contributed by atoms with van der Waals surface area (Å²) in [6.07, 6.45) is 7.48. The monoisotopic (exact) mass is 391 g/mol. The molecule has 4 nitrogen and oxygen atoms in total. The van der Waals surface area contributed by atoms with Gasteiger partial charge in [-0.3, -0.25) is 4.90 Å². The van der Waals surface area contributed by atoms with Crippen LogP contribution >= 0.6 is 0 Å². The molecule has 0 amide bonds. The van der Waals surface area contributed by atoms with Crippen molar-refractivity contribution >= 4 is 5.84 Å². The average molecular weight is 392 g/mol. The van der Waals surface area contributed by atoms with Crippen molar-refractivity contribution in [3.63, 3.8) is 0 Å². The Labute approximate surface area is 175 Å². The number of hydrogen-bond acceptors (Lipinski definition) is 4. The third kappa shape index (κ3) is 4.81. The summed E-state index contributed by atoms with van der Waals surface area (Å²) in [6, 6.07) is 22.1. The highest BCUT2D eigenvalue weighted by Gasteiger charge is 2.31. The van der Waals surface area contributed by atoms with Gasteiger partial charge in [0.2, 0.25) is 0 Å². The van der Waals surface area contributed by atoms with E-state index in [0.29, 0.717) is 6.04 Å². The third-order valence-electron chi connectivity index (χ3n) is 6.55. The molecule has 2 aliphatic rings. The Balaban J connectivity index is 1.49. The number of amidine groups is 1. The van der Waals surface area contributed by atoms with Crippen LogP contribution in [0.5, 0.6) is 0 Å². The van der Waals surface area contributed by atoms with Gasteiger partial charge >= 0.3 is 0 Å². The summed E-state index contributed by atoms with van der Waals surface area (Å²) in [5, 5.41) is 4.60. The number of likely N-dealkylation sites (N-methyl/N-ethyl adjacent to an activating group) is 2. The minimum absolute atomic E-state index is 0.0405. The second-order valence-electron chi connectivity index (χ2n) is 8.48. The third-order valence-corrected chi connectivity index (χ3v) is 6.55. The van der Waals surface area contributed by atoms with Gasteiger partial charge < -0.3 is 9.74 Å². The minimum Gasteiger partial charge on any atom is -0.373 e. The highest BCUT2D eigenvalue weighted by molar-refractivity contribution is 5.83. The Morgan fingerprint density at radius 1 is 0.966 bits per heavy atom. The molecule has 154 valence electrons. The molecule has 29 heavy (non-hydrogen) atoms. The van der Waals surface area contributed by atoms with Crippen molar-refractivity contribution in [3.8, 4) is 0 Å². The smallest absolute Gasteiger partial charge is 0.198 e. The van der Waals surface area contributed by atoms with Gasteiger partial charge in [-0.2, -0.15) is 0 Å². The number of benzene rings is 2. The maximum Gasteiger partial charge on any atom is 0.198 e.